The number of hydrogen-bond acceptors (Lipinski definition) is 2. The number of hydrogen-bond donors (Lipinski definition) is 2. The van der Waals surface area contributed by atoms with Crippen molar-refractivity contribution in [3.05, 3.63) is 52.8 Å². The predicted molar refractivity (Wildman–Crippen MR) is 93.5 cm³/mol. The molecule has 0 unspecified atom stereocenters. The lowest BCUT2D eigenvalue weighted by molar-refractivity contribution is 0.194. The van der Waals surface area contributed by atoms with Gasteiger partial charge in [0.05, 0.1) is 18.3 Å². The van der Waals surface area contributed by atoms with Crippen LogP contribution in [-0.2, 0) is 0 Å². The van der Waals surface area contributed by atoms with E-state index < -0.39 is 0 Å². The largest absolute Gasteiger partial charge is 0.327 e. The van der Waals surface area contributed by atoms with Crippen LogP contribution in [0.25, 0.3) is 0 Å². The van der Waals surface area contributed by atoms with Crippen LogP contribution in [0.2, 0.25) is 0 Å². The number of amides is 2. The Labute approximate surface area is 142 Å². The second kappa shape index (κ2) is 7.22. The van der Waals surface area contributed by atoms with Gasteiger partial charge in [0, 0.05) is 23.4 Å². The Balaban J connectivity index is 1.61. The molecule has 0 saturated carbocycles. The van der Waals surface area contributed by atoms with E-state index in [2.05, 4.69) is 27.4 Å². The molecule has 2 aromatic rings. The number of urea groups is 1. The molecule has 2 heterocycles. The Morgan fingerprint density at radius 3 is 2.88 bits per heavy atom. The lowest BCUT2D eigenvalue weighted by Gasteiger charge is -2.25. The van der Waals surface area contributed by atoms with E-state index in [9.17, 15) is 4.79 Å². The first-order valence-corrected chi connectivity index (χ1v) is 8.26. The Hall–Kier alpha value is -2.74. The second-order valence-corrected chi connectivity index (χ2v) is 6.03. The summed E-state index contributed by atoms with van der Waals surface area (Å²) in [6.07, 6.45) is 1.99. The van der Waals surface area contributed by atoms with Crippen molar-refractivity contribution in [1.29, 1.82) is 0 Å². The second-order valence-electron chi connectivity index (χ2n) is 6.03. The van der Waals surface area contributed by atoms with E-state index in [-0.39, 0.29) is 12.1 Å². The molecule has 1 atom stereocenters. The maximum atomic E-state index is 12.5. The zero-order chi connectivity index (χ0) is 16.9. The normalized spacial score (nSPS) is 16.6. The highest BCUT2D eigenvalue weighted by molar-refractivity contribution is 5.75. The molecule has 0 radical (unpaired) electrons. The topological polar surface area (TPSA) is 61.0 Å². The van der Waals surface area contributed by atoms with Gasteiger partial charge in [-0.05, 0) is 38.8 Å². The quantitative estimate of drug-likeness (QED) is 0.835. The minimum absolute atomic E-state index is 0.0557. The molecule has 0 aliphatic carbocycles. The summed E-state index contributed by atoms with van der Waals surface area (Å²) in [5.41, 5.74) is 4.12. The highest BCUT2D eigenvalue weighted by Crippen LogP contribution is 2.34. The van der Waals surface area contributed by atoms with Gasteiger partial charge in [0.2, 0.25) is 0 Å². The van der Waals surface area contributed by atoms with Gasteiger partial charge in [-0.2, -0.15) is 5.10 Å². The smallest absolute Gasteiger partial charge is 0.318 e. The first-order chi connectivity index (χ1) is 11.7. The number of aromatic nitrogens is 2. The zero-order valence-corrected chi connectivity index (χ0v) is 14.1. The van der Waals surface area contributed by atoms with Crippen LogP contribution >= 0.6 is 0 Å². The first kappa shape index (κ1) is 16.1. The number of carbonyl (C=O) groups excluding carboxylic acids is 1. The number of likely N-dealkylation sites (tertiary alicyclic amines) is 1. The molecule has 124 valence electrons. The highest BCUT2D eigenvalue weighted by Gasteiger charge is 2.32. The van der Waals surface area contributed by atoms with Crippen LogP contribution in [-0.4, -0.2) is 34.2 Å². The molecule has 2 amide bonds. The molecule has 3 rings (SSSR count). The molecular weight excluding hydrogens is 300 g/mol. The summed E-state index contributed by atoms with van der Waals surface area (Å²) in [5.74, 6) is 6.05. The van der Waals surface area contributed by atoms with E-state index in [1.165, 1.54) is 0 Å². The number of aryl methyl sites for hydroxylation is 2. The van der Waals surface area contributed by atoms with E-state index >= 15 is 0 Å². The minimum Gasteiger partial charge on any atom is -0.327 e. The van der Waals surface area contributed by atoms with Gasteiger partial charge in [0.1, 0.15) is 0 Å². The molecule has 0 spiro atoms. The highest BCUT2D eigenvalue weighted by atomic mass is 16.2. The first-order valence-electron chi connectivity index (χ1n) is 8.26. The number of aromatic amines is 1. The third-order valence-electron chi connectivity index (χ3n) is 4.37. The van der Waals surface area contributed by atoms with E-state index in [4.69, 9.17) is 0 Å². The van der Waals surface area contributed by atoms with E-state index in [1.807, 2.05) is 49.1 Å². The molecule has 1 aromatic heterocycles. The van der Waals surface area contributed by atoms with Crippen molar-refractivity contribution >= 4 is 6.03 Å². The summed E-state index contributed by atoms with van der Waals surface area (Å²) in [7, 11) is 0. The summed E-state index contributed by atoms with van der Waals surface area (Å²) in [6.45, 7) is 5.11. The van der Waals surface area contributed by atoms with Crippen LogP contribution in [0.1, 0.15) is 41.4 Å². The van der Waals surface area contributed by atoms with Crippen LogP contribution in [0.15, 0.2) is 30.3 Å². The molecule has 1 aliphatic heterocycles. The lowest BCUT2D eigenvalue weighted by Crippen LogP contribution is -2.39. The van der Waals surface area contributed by atoms with Gasteiger partial charge >= 0.3 is 6.03 Å². The standard InChI is InChI=1S/C19H22N4O/c1-14-18(15(2)22-21-14)17-11-7-13-23(17)19(24)20-12-6-10-16-8-4-3-5-9-16/h3-5,8-9,17H,7,11-13H2,1-2H3,(H,20,24)(H,21,22)/t17-/m0/s1. The molecule has 5 heteroatoms. The monoisotopic (exact) mass is 322 g/mol. The molecule has 1 aromatic carbocycles. The maximum Gasteiger partial charge on any atom is 0.318 e. The van der Waals surface area contributed by atoms with Gasteiger partial charge in [0.15, 0.2) is 0 Å². The summed E-state index contributed by atoms with van der Waals surface area (Å²) < 4.78 is 0. The number of nitrogens with zero attached hydrogens (tertiary/aromatic N) is 2. The number of H-pyrrole nitrogens is 1. The fourth-order valence-electron chi connectivity index (χ4n) is 3.25. The van der Waals surface area contributed by atoms with Gasteiger partial charge in [-0.25, -0.2) is 4.79 Å². The summed E-state index contributed by atoms with van der Waals surface area (Å²) in [5, 5.41) is 10.2. The summed E-state index contributed by atoms with van der Waals surface area (Å²) >= 11 is 0. The minimum atomic E-state index is -0.0557. The Morgan fingerprint density at radius 2 is 2.17 bits per heavy atom. The number of carbonyl (C=O) groups is 1. The van der Waals surface area contributed by atoms with E-state index in [1.54, 1.807) is 0 Å². The molecule has 5 nitrogen and oxygen atoms in total. The van der Waals surface area contributed by atoms with Crippen molar-refractivity contribution in [2.45, 2.75) is 32.7 Å². The third kappa shape index (κ3) is 3.43. The molecule has 1 aliphatic rings. The molecule has 24 heavy (non-hydrogen) atoms. The van der Waals surface area contributed by atoms with Gasteiger partial charge in [-0.15, -0.1) is 0 Å². The third-order valence-corrected chi connectivity index (χ3v) is 4.37. The Morgan fingerprint density at radius 1 is 1.38 bits per heavy atom. The zero-order valence-electron chi connectivity index (χ0n) is 14.1. The molecular formula is C19H22N4O. The maximum absolute atomic E-state index is 12.5. The van der Waals surface area contributed by atoms with Gasteiger partial charge < -0.3 is 10.2 Å². The summed E-state index contributed by atoms with van der Waals surface area (Å²) in [4.78, 5) is 14.4. The van der Waals surface area contributed by atoms with Crippen LogP contribution in [0, 0.1) is 25.7 Å². The van der Waals surface area contributed by atoms with Crippen LogP contribution in [0.4, 0.5) is 4.79 Å². The van der Waals surface area contributed by atoms with Gasteiger partial charge in [-0.3, -0.25) is 5.10 Å². The fraction of sp³-hybridized carbons (Fsp3) is 0.368. The molecule has 1 fully saturated rings. The van der Waals surface area contributed by atoms with E-state index in [0.717, 1.165) is 41.9 Å². The van der Waals surface area contributed by atoms with Crippen molar-refractivity contribution in [2.24, 2.45) is 0 Å². The Bertz CT molecular complexity index is 750. The van der Waals surface area contributed by atoms with Gasteiger partial charge in [-0.1, -0.05) is 30.0 Å². The van der Waals surface area contributed by atoms with Crippen molar-refractivity contribution in [2.75, 3.05) is 13.1 Å². The van der Waals surface area contributed by atoms with Crippen LogP contribution in [0.5, 0.6) is 0 Å². The fourth-order valence-corrected chi connectivity index (χ4v) is 3.25. The molecule has 1 saturated heterocycles. The predicted octanol–water partition coefficient (Wildman–Crippen LogP) is 2.92. The number of benzene rings is 1. The van der Waals surface area contributed by atoms with Crippen molar-refractivity contribution < 1.29 is 4.79 Å². The summed E-state index contributed by atoms with van der Waals surface area (Å²) in [6, 6.07) is 9.82. The number of nitrogens with one attached hydrogen (secondary N) is 2. The Kier molecular flexibility index (Phi) is 4.85. The average molecular weight is 322 g/mol. The van der Waals surface area contributed by atoms with Crippen molar-refractivity contribution in [3.8, 4) is 11.8 Å². The van der Waals surface area contributed by atoms with Gasteiger partial charge in [0.25, 0.3) is 0 Å². The molecule has 2 N–H and O–H groups in total. The lowest BCUT2D eigenvalue weighted by atomic mass is 10.0. The average Bonchev–Trinajstić information content (AvgIpc) is 3.19. The van der Waals surface area contributed by atoms with Crippen LogP contribution < -0.4 is 5.32 Å². The van der Waals surface area contributed by atoms with Crippen molar-refractivity contribution in [3.63, 3.8) is 0 Å². The van der Waals surface area contributed by atoms with Crippen molar-refractivity contribution in [1.82, 2.24) is 20.4 Å². The van der Waals surface area contributed by atoms with E-state index in [0.29, 0.717) is 6.54 Å². The number of rotatable bonds is 2. The van der Waals surface area contributed by atoms with Crippen LogP contribution in [0.3, 0.4) is 0 Å². The SMILES string of the molecule is Cc1n[nH]c(C)c1[C@@H]1CCCN1C(=O)NCC#Cc1ccccc1. The molecule has 0 bridgehead atoms.